The molecule has 132 valence electrons. The molecule has 0 atom stereocenters. The lowest BCUT2D eigenvalue weighted by molar-refractivity contribution is -0.384. The van der Waals surface area contributed by atoms with Crippen LogP contribution in [0.1, 0.15) is 38.0 Å². The van der Waals surface area contributed by atoms with Crippen LogP contribution < -0.4 is 4.90 Å². The lowest BCUT2D eigenvalue weighted by Crippen LogP contribution is -2.40. The number of non-ortho nitro benzene ring substituents is 1. The normalized spacial score (nSPS) is 13.1. The Morgan fingerprint density at radius 3 is 2.26 bits per heavy atom. The van der Waals surface area contributed by atoms with Gasteiger partial charge in [-0.2, -0.15) is 0 Å². The maximum Gasteiger partial charge on any atom is 0.270 e. The molecular formula is C20H12N2O5. The summed E-state index contributed by atoms with van der Waals surface area (Å²) in [4.78, 5) is 49.0. The number of hydrogen-bond acceptors (Lipinski definition) is 5. The first-order valence-electron chi connectivity index (χ1n) is 8.09. The Morgan fingerprint density at radius 2 is 1.63 bits per heavy atom. The van der Waals surface area contributed by atoms with Crippen LogP contribution >= 0.6 is 0 Å². The van der Waals surface area contributed by atoms with Crippen molar-refractivity contribution < 1.29 is 19.3 Å². The molecule has 7 heteroatoms. The van der Waals surface area contributed by atoms with Gasteiger partial charge in [0.1, 0.15) is 0 Å². The zero-order chi connectivity index (χ0) is 19.3. The monoisotopic (exact) mass is 360 g/mol. The van der Waals surface area contributed by atoms with Crippen LogP contribution in [0.2, 0.25) is 0 Å². The summed E-state index contributed by atoms with van der Waals surface area (Å²) in [7, 11) is 0. The van der Waals surface area contributed by atoms with Crippen LogP contribution in [0.15, 0.2) is 54.6 Å². The van der Waals surface area contributed by atoms with Gasteiger partial charge in [0.2, 0.25) is 0 Å². The SMILES string of the molecule is CC(=O)c1ccc(N2C(=O)c3cccc4cc([N+](=O)[O-])cc(c34)C2=O)cc1. The maximum atomic E-state index is 13.0. The van der Waals surface area contributed by atoms with E-state index in [0.717, 1.165) is 4.90 Å². The van der Waals surface area contributed by atoms with Gasteiger partial charge in [-0.25, -0.2) is 4.90 Å². The van der Waals surface area contributed by atoms with Crippen LogP contribution in [0, 0.1) is 10.1 Å². The van der Waals surface area contributed by atoms with Crippen molar-refractivity contribution in [3.05, 3.63) is 81.4 Å². The van der Waals surface area contributed by atoms with Crippen molar-refractivity contribution >= 4 is 39.7 Å². The van der Waals surface area contributed by atoms with Crippen molar-refractivity contribution in [3.8, 4) is 0 Å². The standard InChI is InChI=1S/C20H12N2O5/c1-11(23)12-5-7-14(8-6-12)21-19(24)16-4-2-3-13-9-15(22(26)27)10-17(18(13)16)20(21)25/h2-10H,1H3. The summed E-state index contributed by atoms with van der Waals surface area (Å²) in [5.74, 6) is -1.28. The van der Waals surface area contributed by atoms with E-state index in [9.17, 15) is 24.5 Å². The fourth-order valence-electron chi connectivity index (χ4n) is 3.28. The topological polar surface area (TPSA) is 97.6 Å². The molecule has 27 heavy (non-hydrogen) atoms. The molecule has 0 spiro atoms. The molecule has 7 nitrogen and oxygen atoms in total. The first-order chi connectivity index (χ1) is 12.9. The predicted octanol–water partition coefficient (Wildman–Crippen LogP) is 3.75. The average molecular weight is 360 g/mol. The van der Waals surface area contributed by atoms with Crippen molar-refractivity contribution in [1.82, 2.24) is 0 Å². The van der Waals surface area contributed by atoms with Crippen molar-refractivity contribution in [2.24, 2.45) is 0 Å². The van der Waals surface area contributed by atoms with Gasteiger partial charge < -0.3 is 0 Å². The molecule has 0 fully saturated rings. The van der Waals surface area contributed by atoms with E-state index in [-0.39, 0.29) is 17.0 Å². The van der Waals surface area contributed by atoms with Gasteiger partial charge in [0.25, 0.3) is 17.5 Å². The number of nitro groups is 1. The lowest BCUT2D eigenvalue weighted by Gasteiger charge is -2.27. The molecule has 2 amide bonds. The number of anilines is 1. The summed E-state index contributed by atoms with van der Waals surface area (Å²) < 4.78 is 0. The molecule has 0 aliphatic carbocycles. The smallest absolute Gasteiger partial charge is 0.270 e. The number of rotatable bonds is 3. The summed E-state index contributed by atoms with van der Waals surface area (Å²) in [5, 5.41) is 12.1. The Labute approximate surface area is 153 Å². The second kappa shape index (κ2) is 5.84. The van der Waals surface area contributed by atoms with Gasteiger partial charge in [0.15, 0.2) is 5.78 Å². The molecule has 4 rings (SSSR count). The third-order valence-electron chi connectivity index (χ3n) is 4.57. The van der Waals surface area contributed by atoms with Crippen LogP contribution in [0.3, 0.4) is 0 Å². The molecule has 1 aliphatic rings. The molecule has 0 saturated carbocycles. The van der Waals surface area contributed by atoms with Crippen LogP contribution in [0.25, 0.3) is 10.8 Å². The molecule has 0 N–H and O–H groups in total. The molecule has 3 aromatic carbocycles. The van der Waals surface area contributed by atoms with Gasteiger partial charge in [-0.15, -0.1) is 0 Å². The highest BCUT2D eigenvalue weighted by atomic mass is 16.6. The minimum atomic E-state index is -0.636. The zero-order valence-corrected chi connectivity index (χ0v) is 14.1. The molecule has 0 aromatic heterocycles. The van der Waals surface area contributed by atoms with E-state index in [1.54, 1.807) is 18.2 Å². The van der Waals surface area contributed by atoms with E-state index in [1.807, 2.05) is 0 Å². The van der Waals surface area contributed by atoms with E-state index in [1.165, 1.54) is 43.3 Å². The summed E-state index contributed by atoms with van der Waals surface area (Å²) in [6.45, 7) is 1.42. The van der Waals surface area contributed by atoms with Crippen LogP contribution in [-0.2, 0) is 0 Å². The number of amides is 2. The zero-order valence-electron chi connectivity index (χ0n) is 14.1. The van der Waals surface area contributed by atoms with Crippen LogP contribution in [0.5, 0.6) is 0 Å². The second-order valence-corrected chi connectivity index (χ2v) is 6.20. The number of Topliss-reactive ketones (excluding diaryl/α,β-unsaturated/α-hetero) is 1. The minimum Gasteiger partial charge on any atom is -0.295 e. The molecule has 0 saturated heterocycles. The Hall–Kier alpha value is -3.87. The van der Waals surface area contributed by atoms with E-state index in [4.69, 9.17) is 0 Å². The fourth-order valence-corrected chi connectivity index (χ4v) is 3.28. The number of nitro benzene ring substituents is 1. The average Bonchev–Trinajstić information content (AvgIpc) is 2.66. The molecule has 1 aliphatic heterocycles. The molecule has 3 aromatic rings. The fraction of sp³-hybridized carbons (Fsp3) is 0.0500. The highest BCUT2D eigenvalue weighted by molar-refractivity contribution is 6.36. The Kier molecular flexibility index (Phi) is 3.59. The Balaban J connectivity index is 1.93. The number of carbonyl (C=O) groups is 3. The first-order valence-corrected chi connectivity index (χ1v) is 8.09. The van der Waals surface area contributed by atoms with Crippen molar-refractivity contribution in [2.45, 2.75) is 6.92 Å². The third kappa shape index (κ3) is 2.48. The predicted molar refractivity (Wildman–Crippen MR) is 98.2 cm³/mol. The van der Waals surface area contributed by atoms with Crippen LogP contribution in [0.4, 0.5) is 11.4 Å². The Morgan fingerprint density at radius 1 is 0.963 bits per heavy atom. The van der Waals surface area contributed by atoms with Gasteiger partial charge in [-0.3, -0.25) is 24.5 Å². The molecule has 0 unspecified atom stereocenters. The van der Waals surface area contributed by atoms with Gasteiger partial charge in [0, 0.05) is 28.6 Å². The number of benzene rings is 3. The summed E-state index contributed by atoms with van der Waals surface area (Å²) in [6.07, 6.45) is 0. The first kappa shape index (κ1) is 16.6. The second-order valence-electron chi connectivity index (χ2n) is 6.20. The van der Waals surface area contributed by atoms with Gasteiger partial charge in [-0.1, -0.05) is 12.1 Å². The van der Waals surface area contributed by atoms with Gasteiger partial charge >= 0.3 is 0 Å². The van der Waals surface area contributed by atoms with E-state index in [0.29, 0.717) is 27.6 Å². The molecule has 0 radical (unpaired) electrons. The number of nitrogens with zero attached hydrogens (tertiary/aromatic N) is 2. The summed E-state index contributed by atoms with van der Waals surface area (Å²) in [5.41, 5.74) is 0.930. The molecular weight excluding hydrogens is 348 g/mol. The Bertz CT molecular complexity index is 1160. The number of ketones is 1. The number of hydrogen-bond donors (Lipinski definition) is 0. The minimum absolute atomic E-state index is 0.102. The van der Waals surface area contributed by atoms with E-state index >= 15 is 0 Å². The van der Waals surface area contributed by atoms with E-state index < -0.39 is 16.7 Å². The van der Waals surface area contributed by atoms with Gasteiger partial charge in [-0.05, 0) is 42.6 Å². The maximum absolute atomic E-state index is 13.0. The molecule has 1 heterocycles. The number of imide groups is 1. The van der Waals surface area contributed by atoms with Crippen molar-refractivity contribution in [2.75, 3.05) is 4.90 Å². The molecule has 0 bridgehead atoms. The largest absolute Gasteiger partial charge is 0.295 e. The van der Waals surface area contributed by atoms with Crippen molar-refractivity contribution in [1.29, 1.82) is 0 Å². The quantitative estimate of drug-likeness (QED) is 0.307. The van der Waals surface area contributed by atoms with Crippen molar-refractivity contribution in [3.63, 3.8) is 0 Å². The highest BCUT2D eigenvalue weighted by Crippen LogP contribution is 2.35. The van der Waals surface area contributed by atoms with Crippen LogP contribution in [-0.4, -0.2) is 22.5 Å². The van der Waals surface area contributed by atoms with Gasteiger partial charge in [0.05, 0.1) is 16.2 Å². The summed E-state index contributed by atoms with van der Waals surface area (Å²) >= 11 is 0. The third-order valence-corrected chi connectivity index (χ3v) is 4.57. The highest BCUT2D eigenvalue weighted by Gasteiger charge is 2.35. The number of carbonyl (C=O) groups excluding carboxylic acids is 3. The summed E-state index contributed by atoms with van der Waals surface area (Å²) in [6, 6.07) is 13.5. The lowest BCUT2D eigenvalue weighted by atomic mass is 9.93. The van der Waals surface area contributed by atoms with E-state index in [2.05, 4.69) is 0 Å².